The van der Waals surface area contributed by atoms with Crippen LogP contribution in [0.5, 0.6) is 6.01 Å². The van der Waals surface area contributed by atoms with Gasteiger partial charge >= 0.3 is 6.01 Å². The van der Waals surface area contributed by atoms with Crippen LogP contribution in [0.3, 0.4) is 0 Å². The maximum absolute atomic E-state index is 6.14. The molecule has 8 nitrogen and oxygen atoms in total. The molecule has 3 N–H and O–H groups in total. The number of hydrogen-bond donors (Lipinski definition) is 2. The number of aromatic nitrogens is 2. The highest BCUT2D eigenvalue weighted by molar-refractivity contribution is 5.80. The Hall–Kier alpha value is -3.13. The van der Waals surface area contributed by atoms with Gasteiger partial charge in [-0.05, 0) is 76.4 Å². The van der Waals surface area contributed by atoms with Crippen molar-refractivity contribution in [1.29, 1.82) is 0 Å². The monoisotopic (exact) mass is 493 g/mol. The van der Waals surface area contributed by atoms with E-state index in [-0.39, 0.29) is 0 Å². The second-order valence-electron chi connectivity index (χ2n) is 9.32. The summed E-state index contributed by atoms with van der Waals surface area (Å²) in [5.41, 5.74) is 13.7. The number of likely N-dealkylation sites (tertiary alicyclic amines) is 1. The molecule has 1 aliphatic heterocycles. The number of nitrogens with zero attached hydrogens (tertiary/aromatic N) is 5. The molecule has 0 atom stereocenters. The molecule has 1 aliphatic rings. The van der Waals surface area contributed by atoms with Crippen molar-refractivity contribution in [3.63, 3.8) is 0 Å². The van der Waals surface area contributed by atoms with Gasteiger partial charge in [-0.3, -0.25) is 10.3 Å². The highest BCUT2D eigenvalue weighted by Gasteiger charge is 2.13. The lowest BCUT2D eigenvalue weighted by atomic mass is 10.0. The highest BCUT2D eigenvalue weighted by atomic mass is 16.5. The third kappa shape index (κ3) is 8.22. The zero-order valence-corrected chi connectivity index (χ0v) is 22.5. The quantitative estimate of drug-likeness (QED) is 0.219. The number of benzene rings is 1. The average molecular weight is 494 g/mol. The van der Waals surface area contributed by atoms with Gasteiger partial charge in [0, 0.05) is 37.0 Å². The average Bonchev–Trinajstić information content (AvgIpc) is 2.89. The molecule has 0 amide bonds. The summed E-state index contributed by atoms with van der Waals surface area (Å²) < 4.78 is 6.04. The van der Waals surface area contributed by atoms with E-state index in [1.54, 1.807) is 6.21 Å². The fourth-order valence-corrected chi connectivity index (χ4v) is 4.35. The van der Waals surface area contributed by atoms with E-state index >= 15 is 0 Å². The molecule has 1 saturated heterocycles. The summed E-state index contributed by atoms with van der Waals surface area (Å²) in [4.78, 5) is 14.1. The number of ether oxygens (including phenoxy) is 1. The summed E-state index contributed by atoms with van der Waals surface area (Å²) in [7, 11) is 0. The first-order valence-corrected chi connectivity index (χ1v) is 13.3. The predicted octanol–water partition coefficient (Wildman–Crippen LogP) is 5.42. The van der Waals surface area contributed by atoms with Crippen molar-refractivity contribution in [1.82, 2.24) is 14.9 Å². The van der Waals surface area contributed by atoms with Crippen molar-refractivity contribution < 1.29 is 4.74 Å². The third-order valence-corrected chi connectivity index (χ3v) is 6.41. The van der Waals surface area contributed by atoms with E-state index in [0.29, 0.717) is 18.3 Å². The molecule has 3 rings (SSSR count). The maximum Gasteiger partial charge on any atom is 0.319 e. The summed E-state index contributed by atoms with van der Waals surface area (Å²) in [5.74, 6) is 0.876. The van der Waals surface area contributed by atoms with Crippen molar-refractivity contribution in [3.8, 4) is 6.01 Å². The van der Waals surface area contributed by atoms with Gasteiger partial charge in [0.15, 0.2) is 0 Å². The minimum atomic E-state index is 0.404. The number of piperidine rings is 1. The lowest BCUT2D eigenvalue weighted by molar-refractivity contribution is 0.177. The van der Waals surface area contributed by atoms with Crippen LogP contribution in [0.15, 0.2) is 35.4 Å². The standard InChI is InChI=1S/C28H43N7O/c1-5-13-35(14-6-2)27-20-24(31-28(32-27)36-18-17-34-15-9-8-10-16-34)21-30-33-23-11-12-26(29)25(19-23)22(4)7-3/h7,11-12,19-21,33H,5-6,8-10,13-18,29H2,1-4H3/b22-7+,30-21+. The Balaban J connectivity index is 1.75. The molecule has 2 heterocycles. The molecule has 0 spiro atoms. The molecule has 196 valence electrons. The van der Waals surface area contributed by atoms with E-state index in [4.69, 9.17) is 15.5 Å². The zero-order valence-electron chi connectivity index (χ0n) is 22.5. The Labute approximate surface area is 216 Å². The van der Waals surface area contributed by atoms with Crippen molar-refractivity contribution >= 4 is 29.0 Å². The topological polar surface area (TPSA) is 91.9 Å². The SMILES string of the molecule is C/C=C(\C)c1cc(N/N=C/c2cc(N(CCC)CCC)nc(OCCN3CCCCC3)n2)ccc1N. The number of allylic oxidation sites excluding steroid dienone is 2. The maximum atomic E-state index is 6.14. The van der Waals surface area contributed by atoms with Gasteiger partial charge in [0.2, 0.25) is 0 Å². The Morgan fingerprint density at radius 1 is 1.14 bits per heavy atom. The number of nitrogens with one attached hydrogen (secondary N) is 1. The van der Waals surface area contributed by atoms with Gasteiger partial charge in [-0.15, -0.1) is 0 Å². The van der Waals surface area contributed by atoms with Gasteiger partial charge in [0.25, 0.3) is 0 Å². The zero-order chi connectivity index (χ0) is 25.8. The molecule has 1 aromatic heterocycles. The fraction of sp³-hybridized carbons (Fsp3) is 0.536. The number of nitrogens with two attached hydrogens (primary N) is 1. The summed E-state index contributed by atoms with van der Waals surface area (Å²) in [6.07, 6.45) is 9.73. The number of nitrogen functional groups attached to an aromatic ring is 1. The van der Waals surface area contributed by atoms with Crippen LogP contribution >= 0.6 is 0 Å². The van der Waals surface area contributed by atoms with Crippen LogP contribution in [0.2, 0.25) is 0 Å². The number of hydrogen-bond acceptors (Lipinski definition) is 8. The van der Waals surface area contributed by atoms with Crippen LogP contribution in [0, 0.1) is 0 Å². The van der Waals surface area contributed by atoms with E-state index in [1.165, 1.54) is 19.3 Å². The van der Waals surface area contributed by atoms with Crippen molar-refractivity contribution in [2.75, 3.05) is 55.4 Å². The number of hydrazone groups is 1. The van der Waals surface area contributed by atoms with Crippen LogP contribution in [0.1, 0.15) is 71.1 Å². The van der Waals surface area contributed by atoms with E-state index in [2.05, 4.69) is 39.2 Å². The molecular formula is C28H43N7O. The van der Waals surface area contributed by atoms with Crippen molar-refractivity contribution in [2.24, 2.45) is 5.10 Å². The first-order valence-electron chi connectivity index (χ1n) is 13.3. The third-order valence-electron chi connectivity index (χ3n) is 6.41. The minimum absolute atomic E-state index is 0.404. The molecule has 1 aromatic carbocycles. The van der Waals surface area contributed by atoms with Gasteiger partial charge in [0.1, 0.15) is 12.4 Å². The Morgan fingerprint density at radius 2 is 1.89 bits per heavy atom. The Kier molecular flexibility index (Phi) is 11.0. The van der Waals surface area contributed by atoms with Gasteiger partial charge < -0.3 is 15.4 Å². The number of rotatable bonds is 13. The van der Waals surface area contributed by atoms with Crippen LogP contribution in [0.25, 0.3) is 5.57 Å². The highest BCUT2D eigenvalue weighted by Crippen LogP contribution is 2.25. The second kappa shape index (κ2) is 14.4. The van der Waals surface area contributed by atoms with Gasteiger partial charge in [-0.25, -0.2) is 0 Å². The first kappa shape index (κ1) is 27.5. The molecule has 0 radical (unpaired) electrons. The van der Waals surface area contributed by atoms with E-state index < -0.39 is 0 Å². The summed E-state index contributed by atoms with van der Waals surface area (Å²) >= 11 is 0. The predicted molar refractivity (Wildman–Crippen MR) is 152 cm³/mol. The molecule has 2 aromatic rings. The van der Waals surface area contributed by atoms with Crippen molar-refractivity contribution in [2.45, 2.75) is 59.8 Å². The minimum Gasteiger partial charge on any atom is -0.462 e. The van der Waals surface area contributed by atoms with Crippen LogP contribution in [-0.2, 0) is 0 Å². The van der Waals surface area contributed by atoms with Gasteiger partial charge in [0.05, 0.1) is 17.6 Å². The molecule has 0 unspecified atom stereocenters. The molecule has 0 bridgehead atoms. The van der Waals surface area contributed by atoms with Gasteiger partial charge in [-0.2, -0.15) is 15.1 Å². The summed E-state index contributed by atoms with van der Waals surface area (Å²) in [5, 5.41) is 4.45. The Bertz CT molecular complexity index is 1010. The number of anilines is 3. The summed E-state index contributed by atoms with van der Waals surface area (Å²) in [6, 6.07) is 8.20. The normalized spacial score (nSPS) is 14.8. The van der Waals surface area contributed by atoms with E-state index in [1.807, 2.05) is 44.2 Å². The lowest BCUT2D eigenvalue weighted by Gasteiger charge is -2.26. The van der Waals surface area contributed by atoms with Crippen molar-refractivity contribution in [3.05, 3.63) is 41.6 Å². The van der Waals surface area contributed by atoms with E-state index in [9.17, 15) is 0 Å². The van der Waals surface area contributed by atoms with E-state index in [0.717, 1.165) is 73.9 Å². The lowest BCUT2D eigenvalue weighted by Crippen LogP contribution is -2.33. The second-order valence-corrected chi connectivity index (χ2v) is 9.32. The summed E-state index contributed by atoms with van der Waals surface area (Å²) in [6.45, 7) is 14.1. The fourth-order valence-electron chi connectivity index (χ4n) is 4.35. The van der Waals surface area contributed by atoms with Gasteiger partial charge in [-0.1, -0.05) is 26.3 Å². The molecule has 0 aliphatic carbocycles. The largest absolute Gasteiger partial charge is 0.462 e. The molecule has 1 fully saturated rings. The molecule has 0 saturated carbocycles. The smallest absolute Gasteiger partial charge is 0.319 e. The van der Waals surface area contributed by atoms with Crippen LogP contribution < -0.4 is 20.8 Å². The molecule has 8 heteroatoms. The van der Waals surface area contributed by atoms with Crippen LogP contribution in [-0.4, -0.2) is 60.4 Å². The molecule has 36 heavy (non-hydrogen) atoms. The first-order chi connectivity index (χ1) is 17.5. The van der Waals surface area contributed by atoms with Crippen LogP contribution in [0.4, 0.5) is 17.2 Å². The molecular weight excluding hydrogens is 450 g/mol. The Morgan fingerprint density at radius 3 is 2.58 bits per heavy atom.